The van der Waals surface area contributed by atoms with Gasteiger partial charge in [0.25, 0.3) is 5.91 Å². The van der Waals surface area contributed by atoms with E-state index < -0.39 is 35.8 Å². The minimum atomic E-state index is -1.21. The fourth-order valence-electron chi connectivity index (χ4n) is 1.40. The molecule has 0 bridgehead atoms. The molecule has 1 aromatic heterocycles. The summed E-state index contributed by atoms with van der Waals surface area (Å²) >= 11 is 0. The molecule has 0 saturated heterocycles. The molecular formula is C10H12N4O6. The molecule has 0 aromatic carbocycles. The van der Waals surface area contributed by atoms with Crippen molar-refractivity contribution in [3.8, 4) is 0 Å². The molecule has 0 unspecified atom stereocenters. The number of aromatic nitrogens is 1. The largest absolute Gasteiger partial charge is 0.480 e. The van der Waals surface area contributed by atoms with Crippen LogP contribution in [-0.2, 0) is 16.6 Å². The number of hydrogen-bond donors (Lipinski definition) is 3. The molecule has 0 atom stereocenters. The first-order valence-electron chi connectivity index (χ1n) is 5.39. The number of carboxylic acid groups (broad SMARTS) is 1. The zero-order chi connectivity index (χ0) is 15.3. The van der Waals surface area contributed by atoms with Crippen molar-refractivity contribution in [1.29, 1.82) is 0 Å². The van der Waals surface area contributed by atoms with Gasteiger partial charge in [0.1, 0.15) is 6.54 Å². The zero-order valence-electron chi connectivity index (χ0n) is 10.5. The maximum atomic E-state index is 11.7. The van der Waals surface area contributed by atoms with E-state index in [1.807, 2.05) is 0 Å². The Morgan fingerprint density at radius 3 is 2.45 bits per heavy atom. The molecule has 20 heavy (non-hydrogen) atoms. The van der Waals surface area contributed by atoms with Crippen molar-refractivity contribution in [2.45, 2.75) is 0 Å². The molecular weight excluding hydrogens is 272 g/mol. The lowest BCUT2D eigenvalue weighted by molar-refractivity contribution is -0.391. The van der Waals surface area contributed by atoms with Gasteiger partial charge in [-0.25, -0.2) is 4.57 Å². The fraction of sp³-hybridized carbons (Fsp3) is 0.300. The number of nitro groups is 1. The zero-order valence-corrected chi connectivity index (χ0v) is 10.5. The van der Waals surface area contributed by atoms with Crippen LogP contribution in [0.3, 0.4) is 0 Å². The number of amides is 2. The summed E-state index contributed by atoms with van der Waals surface area (Å²) in [6.45, 7) is -0.977. The summed E-state index contributed by atoms with van der Waals surface area (Å²) in [5.74, 6) is -2.82. The average Bonchev–Trinajstić information content (AvgIpc) is 2.75. The van der Waals surface area contributed by atoms with E-state index in [0.717, 1.165) is 4.57 Å². The van der Waals surface area contributed by atoms with E-state index in [-0.39, 0.29) is 11.5 Å². The van der Waals surface area contributed by atoms with Crippen molar-refractivity contribution >= 4 is 23.6 Å². The molecule has 0 saturated carbocycles. The Morgan fingerprint density at radius 1 is 1.30 bits per heavy atom. The molecule has 10 nitrogen and oxygen atoms in total. The number of rotatable bonds is 6. The SMILES string of the molecule is Cn1c(C(=O)NCC(=O)NCC(=O)O)ccc1[N+](=O)[O-]. The first-order valence-corrected chi connectivity index (χ1v) is 5.39. The second-order valence-electron chi connectivity index (χ2n) is 3.75. The highest BCUT2D eigenvalue weighted by atomic mass is 16.6. The topological polar surface area (TPSA) is 144 Å². The summed E-state index contributed by atoms with van der Waals surface area (Å²) in [5.41, 5.74) is 0.0164. The standard InChI is InChI=1S/C10H12N4O6/c1-13-6(2-3-8(13)14(19)20)10(18)12-4-7(15)11-5-9(16)17/h2-3H,4-5H2,1H3,(H,11,15)(H,12,18)(H,16,17). The van der Waals surface area contributed by atoms with Gasteiger partial charge in [-0.05, 0) is 11.0 Å². The quantitative estimate of drug-likeness (QED) is 0.445. The molecule has 0 aliphatic rings. The first-order chi connectivity index (χ1) is 9.32. The highest BCUT2D eigenvalue weighted by Gasteiger charge is 2.20. The minimum Gasteiger partial charge on any atom is -0.480 e. The number of aliphatic carboxylic acids is 1. The Labute approximate surface area is 112 Å². The highest BCUT2D eigenvalue weighted by molar-refractivity contribution is 5.96. The van der Waals surface area contributed by atoms with Crippen LogP contribution in [-0.4, -0.2) is 45.5 Å². The van der Waals surface area contributed by atoms with Gasteiger partial charge < -0.3 is 25.9 Å². The molecule has 2 amide bonds. The molecule has 1 aromatic rings. The number of carbonyl (C=O) groups is 3. The molecule has 0 spiro atoms. The van der Waals surface area contributed by atoms with Crippen molar-refractivity contribution in [2.24, 2.45) is 7.05 Å². The van der Waals surface area contributed by atoms with Crippen LogP contribution in [0.5, 0.6) is 0 Å². The van der Waals surface area contributed by atoms with Crippen molar-refractivity contribution in [3.05, 3.63) is 27.9 Å². The van der Waals surface area contributed by atoms with Crippen LogP contribution in [0.1, 0.15) is 10.5 Å². The first kappa shape index (κ1) is 15.1. The lowest BCUT2D eigenvalue weighted by Gasteiger charge is -2.04. The van der Waals surface area contributed by atoms with Crippen LogP contribution in [0.15, 0.2) is 12.1 Å². The van der Waals surface area contributed by atoms with Gasteiger partial charge in [-0.15, -0.1) is 0 Å². The molecule has 10 heteroatoms. The summed E-state index contributed by atoms with van der Waals surface area (Å²) < 4.78 is 1.07. The maximum Gasteiger partial charge on any atom is 0.323 e. The number of nitrogens with zero attached hydrogens (tertiary/aromatic N) is 2. The van der Waals surface area contributed by atoms with E-state index in [4.69, 9.17) is 5.11 Å². The third kappa shape index (κ3) is 3.80. The van der Waals surface area contributed by atoms with Crippen LogP contribution in [0, 0.1) is 10.1 Å². The summed E-state index contributed by atoms with van der Waals surface area (Å²) in [5, 5.41) is 23.2. The van der Waals surface area contributed by atoms with Crippen LogP contribution in [0.2, 0.25) is 0 Å². The Kier molecular flexibility index (Phi) is 4.78. The predicted molar refractivity (Wildman–Crippen MR) is 65.0 cm³/mol. The van der Waals surface area contributed by atoms with E-state index in [9.17, 15) is 24.5 Å². The van der Waals surface area contributed by atoms with Gasteiger partial charge in [-0.1, -0.05) is 0 Å². The van der Waals surface area contributed by atoms with Crippen LogP contribution >= 0.6 is 0 Å². The van der Waals surface area contributed by atoms with Crippen molar-refractivity contribution in [2.75, 3.05) is 13.1 Å². The normalized spacial score (nSPS) is 9.85. The van der Waals surface area contributed by atoms with Crippen molar-refractivity contribution < 1.29 is 24.4 Å². The molecule has 0 fully saturated rings. The van der Waals surface area contributed by atoms with Gasteiger partial charge in [0.2, 0.25) is 5.91 Å². The third-order valence-corrected chi connectivity index (χ3v) is 2.36. The molecule has 0 aliphatic carbocycles. The summed E-state index contributed by atoms with van der Waals surface area (Å²) in [6, 6.07) is 2.42. The number of hydrogen-bond acceptors (Lipinski definition) is 5. The van der Waals surface area contributed by atoms with Crippen molar-refractivity contribution in [1.82, 2.24) is 15.2 Å². The predicted octanol–water partition coefficient (Wildman–Crippen LogP) is -1.14. The lowest BCUT2D eigenvalue weighted by Crippen LogP contribution is -2.39. The smallest absolute Gasteiger partial charge is 0.323 e. The van der Waals surface area contributed by atoms with E-state index in [1.54, 1.807) is 0 Å². The Bertz CT molecular complexity index is 564. The fourth-order valence-corrected chi connectivity index (χ4v) is 1.40. The highest BCUT2D eigenvalue weighted by Crippen LogP contribution is 2.14. The van der Waals surface area contributed by atoms with E-state index >= 15 is 0 Å². The maximum absolute atomic E-state index is 11.7. The Morgan fingerprint density at radius 2 is 1.95 bits per heavy atom. The molecule has 1 heterocycles. The van der Waals surface area contributed by atoms with Gasteiger partial charge in [0.05, 0.1) is 13.6 Å². The van der Waals surface area contributed by atoms with Crippen LogP contribution < -0.4 is 10.6 Å². The number of nitrogens with one attached hydrogen (secondary N) is 2. The molecule has 0 aliphatic heterocycles. The van der Waals surface area contributed by atoms with Crippen LogP contribution in [0.4, 0.5) is 5.82 Å². The third-order valence-electron chi connectivity index (χ3n) is 2.36. The monoisotopic (exact) mass is 284 g/mol. The van der Waals surface area contributed by atoms with E-state index in [1.165, 1.54) is 19.2 Å². The van der Waals surface area contributed by atoms with Gasteiger partial charge in [0, 0.05) is 6.07 Å². The van der Waals surface area contributed by atoms with Gasteiger partial charge in [-0.3, -0.25) is 14.4 Å². The molecule has 0 radical (unpaired) electrons. The second-order valence-corrected chi connectivity index (χ2v) is 3.75. The lowest BCUT2D eigenvalue weighted by atomic mass is 10.4. The van der Waals surface area contributed by atoms with E-state index in [0.29, 0.717) is 0 Å². The molecule has 3 N–H and O–H groups in total. The number of carbonyl (C=O) groups excluding carboxylic acids is 2. The average molecular weight is 284 g/mol. The minimum absolute atomic E-state index is 0.0164. The van der Waals surface area contributed by atoms with Crippen molar-refractivity contribution in [3.63, 3.8) is 0 Å². The molecule has 108 valence electrons. The van der Waals surface area contributed by atoms with Gasteiger partial charge >= 0.3 is 11.8 Å². The van der Waals surface area contributed by atoms with E-state index in [2.05, 4.69) is 10.6 Å². The second kappa shape index (κ2) is 6.31. The van der Waals surface area contributed by atoms with Crippen LogP contribution in [0.25, 0.3) is 0 Å². The van der Waals surface area contributed by atoms with Gasteiger partial charge in [0.15, 0.2) is 5.69 Å². The summed E-state index contributed by atoms with van der Waals surface area (Å²) in [7, 11) is 1.34. The van der Waals surface area contributed by atoms with Gasteiger partial charge in [-0.2, -0.15) is 0 Å². The summed E-state index contributed by atoms with van der Waals surface area (Å²) in [4.78, 5) is 43.0. The number of carboxylic acids is 1. The molecule has 1 rings (SSSR count). The Balaban J connectivity index is 2.57. The summed E-state index contributed by atoms with van der Waals surface area (Å²) in [6.07, 6.45) is 0. The Hall–Kier alpha value is -2.91.